The van der Waals surface area contributed by atoms with E-state index in [2.05, 4.69) is 0 Å². The Bertz CT molecular complexity index is 942. The van der Waals surface area contributed by atoms with Crippen LogP contribution in [0.15, 0.2) is 41.3 Å². The molecule has 0 aliphatic heterocycles. The predicted molar refractivity (Wildman–Crippen MR) is 72.8 cm³/mol. The zero-order valence-corrected chi connectivity index (χ0v) is 12.6. The predicted octanol–water partition coefficient (Wildman–Crippen LogP) is 3.96. The van der Waals surface area contributed by atoms with E-state index in [-0.39, 0.29) is 6.07 Å². The van der Waals surface area contributed by atoms with Crippen LogP contribution in [0.5, 0.6) is 11.5 Å². The lowest BCUT2D eigenvalue weighted by atomic mass is 10.3. The topological polar surface area (TPSA) is 86.5 Å². The third-order valence-electron chi connectivity index (χ3n) is 2.88. The minimum Gasteiger partial charge on any atom is -0.447 e. The SMILES string of the molecule is O=[N+]([O-])c1cc(S(=O)(=O)C(F)(F)F)ccc1Oc1cccc(F)c1F. The first-order valence-electron chi connectivity index (χ1n) is 6.17. The van der Waals surface area contributed by atoms with Crippen LogP contribution >= 0.6 is 0 Å². The molecule has 0 N–H and O–H groups in total. The Morgan fingerprint density at radius 3 is 2.24 bits per heavy atom. The van der Waals surface area contributed by atoms with Crippen LogP contribution in [-0.2, 0) is 9.84 Å². The van der Waals surface area contributed by atoms with Gasteiger partial charge in [0.25, 0.3) is 9.84 Å². The van der Waals surface area contributed by atoms with Crippen molar-refractivity contribution in [2.45, 2.75) is 10.4 Å². The fourth-order valence-electron chi connectivity index (χ4n) is 1.71. The number of sulfone groups is 1. The van der Waals surface area contributed by atoms with Crippen LogP contribution in [0.2, 0.25) is 0 Å². The molecule has 0 aromatic heterocycles. The van der Waals surface area contributed by atoms with Crippen molar-refractivity contribution in [3.63, 3.8) is 0 Å². The average molecular weight is 383 g/mol. The van der Waals surface area contributed by atoms with Crippen LogP contribution in [0, 0.1) is 21.7 Å². The molecule has 0 saturated carbocycles. The highest BCUT2D eigenvalue weighted by Crippen LogP contribution is 2.38. The summed E-state index contributed by atoms with van der Waals surface area (Å²) in [5.74, 6) is -4.34. The molecule has 0 unspecified atom stereocenters. The molecule has 0 amide bonds. The summed E-state index contributed by atoms with van der Waals surface area (Å²) in [4.78, 5) is 8.36. The van der Waals surface area contributed by atoms with Crippen LogP contribution in [-0.4, -0.2) is 18.8 Å². The maximum absolute atomic E-state index is 13.5. The summed E-state index contributed by atoms with van der Waals surface area (Å²) < 4.78 is 91.6. The highest BCUT2D eigenvalue weighted by Gasteiger charge is 2.47. The molecule has 0 atom stereocenters. The summed E-state index contributed by atoms with van der Waals surface area (Å²) in [7, 11) is -5.83. The minimum atomic E-state index is -5.83. The van der Waals surface area contributed by atoms with E-state index < -0.39 is 54.0 Å². The van der Waals surface area contributed by atoms with Crippen LogP contribution < -0.4 is 4.74 Å². The zero-order chi connectivity index (χ0) is 19.0. The zero-order valence-electron chi connectivity index (χ0n) is 11.8. The molecule has 6 nitrogen and oxygen atoms in total. The molecule has 2 aromatic carbocycles. The number of rotatable bonds is 4. The monoisotopic (exact) mass is 383 g/mol. The molecule has 0 fully saturated rings. The molecular formula is C13H6F5NO5S. The van der Waals surface area contributed by atoms with Gasteiger partial charge in [-0.2, -0.15) is 17.6 Å². The highest BCUT2D eigenvalue weighted by molar-refractivity contribution is 7.92. The second-order valence-corrected chi connectivity index (χ2v) is 6.43. The summed E-state index contributed by atoms with van der Waals surface area (Å²) >= 11 is 0. The largest absolute Gasteiger partial charge is 0.501 e. The van der Waals surface area contributed by atoms with E-state index in [9.17, 15) is 40.5 Å². The molecule has 0 bridgehead atoms. The Balaban J connectivity index is 2.55. The van der Waals surface area contributed by atoms with Gasteiger partial charge in [0.2, 0.25) is 11.6 Å². The van der Waals surface area contributed by atoms with Crippen molar-refractivity contribution in [2.75, 3.05) is 0 Å². The quantitative estimate of drug-likeness (QED) is 0.453. The maximum atomic E-state index is 13.5. The van der Waals surface area contributed by atoms with Gasteiger partial charge in [-0.05, 0) is 24.3 Å². The van der Waals surface area contributed by atoms with Crippen molar-refractivity contribution < 1.29 is 40.0 Å². The maximum Gasteiger partial charge on any atom is 0.501 e. The lowest BCUT2D eigenvalue weighted by molar-refractivity contribution is -0.385. The van der Waals surface area contributed by atoms with Gasteiger partial charge in [0.05, 0.1) is 9.82 Å². The number of benzene rings is 2. The Labute approximate surface area is 136 Å². The first-order chi connectivity index (χ1) is 11.4. The molecule has 2 aromatic rings. The van der Waals surface area contributed by atoms with Gasteiger partial charge in [-0.1, -0.05) is 6.07 Å². The molecule has 0 saturated heterocycles. The number of nitro benzene ring substituents is 1. The first kappa shape index (κ1) is 18.6. The standard InChI is InChI=1S/C13H6F5NO5S/c14-8-2-1-3-11(12(8)15)24-10-5-4-7(6-9(10)19(20)21)25(22,23)13(16,17)18/h1-6H. The van der Waals surface area contributed by atoms with E-state index in [4.69, 9.17) is 4.74 Å². The molecule has 2 rings (SSSR count). The van der Waals surface area contributed by atoms with E-state index >= 15 is 0 Å². The van der Waals surface area contributed by atoms with E-state index in [1.165, 1.54) is 0 Å². The molecule has 0 aliphatic rings. The van der Waals surface area contributed by atoms with Gasteiger partial charge < -0.3 is 4.74 Å². The summed E-state index contributed by atoms with van der Waals surface area (Å²) in [6.45, 7) is 0. The number of nitrogens with zero attached hydrogens (tertiary/aromatic N) is 1. The second-order valence-electron chi connectivity index (χ2n) is 4.49. The van der Waals surface area contributed by atoms with E-state index in [0.717, 1.165) is 18.2 Å². The van der Waals surface area contributed by atoms with Gasteiger partial charge in [0.1, 0.15) is 0 Å². The molecule has 0 heterocycles. The Morgan fingerprint density at radius 2 is 1.68 bits per heavy atom. The van der Waals surface area contributed by atoms with Crippen molar-refractivity contribution >= 4 is 15.5 Å². The van der Waals surface area contributed by atoms with Crippen molar-refractivity contribution in [1.29, 1.82) is 0 Å². The number of hydrogen-bond acceptors (Lipinski definition) is 5. The minimum absolute atomic E-state index is 0.120. The van der Waals surface area contributed by atoms with Gasteiger partial charge in [-0.25, -0.2) is 12.8 Å². The van der Waals surface area contributed by atoms with Crippen LogP contribution in [0.1, 0.15) is 0 Å². The second kappa shape index (κ2) is 6.27. The van der Waals surface area contributed by atoms with E-state index in [1.807, 2.05) is 0 Å². The summed E-state index contributed by atoms with van der Waals surface area (Å²) in [6.07, 6.45) is 0. The third-order valence-corrected chi connectivity index (χ3v) is 4.36. The molecule has 0 aliphatic carbocycles. The fraction of sp³-hybridized carbons (Fsp3) is 0.0769. The highest BCUT2D eigenvalue weighted by atomic mass is 32.2. The summed E-state index contributed by atoms with van der Waals surface area (Å²) in [5, 5.41) is 11.0. The lowest BCUT2D eigenvalue weighted by Gasteiger charge is -2.10. The number of alkyl halides is 3. The van der Waals surface area contributed by atoms with Crippen molar-refractivity contribution in [2.24, 2.45) is 0 Å². The molecule has 0 spiro atoms. The van der Waals surface area contributed by atoms with Crippen molar-refractivity contribution in [3.05, 3.63) is 58.1 Å². The summed E-state index contributed by atoms with van der Waals surface area (Å²) in [6, 6.07) is 3.76. The molecular weight excluding hydrogens is 377 g/mol. The molecule has 0 radical (unpaired) electrons. The van der Waals surface area contributed by atoms with E-state index in [1.54, 1.807) is 0 Å². The van der Waals surface area contributed by atoms with Gasteiger partial charge in [0, 0.05) is 6.07 Å². The number of hydrogen-bond donors (Lipinski definition) is 0. The Morgan fingerprint density at radius 1 is 1.04 bits per heavy atom. The normalized spacial score (nSPS) is 12.0. The smallest absolute Gasteiger partial charge is 0.447 e. The van der Waals surface area contributed by atoms with E-state index in [0.29, 0.717) is 12.1 Å². The molecule has 25 heavy (non-hydrogen) atoms. The number of ether oxygens (including phenoxy) is 1. The lowest BCUT2D eigenvalue weighted by Crippen LogP contribution is -2.23. The van der Waals surface area contributed by atoms with Gasteiger partial charge >= 0.3 is 11.2 Å². The average Bonchev–Trinajstić information content (AvgIpc) is 2.50. The fourth-order valence-corrected chi connectivity index (χ4v) is 2.49. The van der Waals surface area contributed by atoms with Gasteiger partial charge in [-0.3, -0.25) is 10.1 Å². The molecule has 12 heteroatoms. The molecule has 134 valence electrons. The van der Waals surface area contributed by atoms with Gasteiger partial charge in [0.15, 0.2) is 11.6 Å². The van der Waals surface area contributed by atoms with Crippen LogP contribution in [0.4, 0.5) is 27.6 Å². The number of nitro groups is 1. The van der Waals surface area contributed by atoms with Gasteiger partial charge in [-0.15, -0.1) is 0 Å². The van der Waals surface area contributed by atoms with Crippen molar-refractivity contribution in [1.82, 2.24) is 0 Å². The Hall–Kier alpha value is -2.76. The first-order valence-corrected chi connectivity index (χ1v) is 7.65. The third kappa shape index (κ3) is 3.52. The number of halogens is 5. The summed E-state index contributed by atoms with van der Waals surface area (Å²) in [5.41, 5.74) is -6.84. The van der Waals surface area contributed by atoms with Crippen LogP contribution in [0.3, 0.4) is 0 Å². The van der Waals surface area contributed by atoms with Crippen molar-refractivity contribution in [3.8, 4) is 11.5 Å². The van der Waals surface area contributed by atoms with Crippen LogP contribution in [0.25, 0.3) is 0 Å². The Kier molecular flexibility index (Phi) is 4.66.